The van der Waals surface area contributed by atoms with Crippen LogP contribution < -0.4 is 5.48 Å². The van der Waals surface area contributed by atoms with E-state index >= 15 is 0 Å². The number of hydroxylamine groups is 1. The van der Waals surface area contributed by atoms with Crippen molar-refractivity contribution in [3.63, 3.8) is 0 Å². The molecule has 1 N–H and O–H groups in total. The second-order valence-corrected chi connectivity index (χ2v) is 4.28. The molecule has 0 bridgehead atoms. The lowest BCUT2D eigenvalue weighted by molar-refractivity contribution is 0.00888. The minimum Gasteiger partial charge on any atom is -0.382 e. The lowest BCUT2D eigenvalue weighted by Gasteiger charge is -2.06. The summed E-state index contributed by atoms with van der Waals surface area (Å²) in [5, 5.41) is 0.483. The second kappa shape index (κ2) is 6.85. The Hall–Kier alpha value is -0.620. The fourth-order valence-corrected chi connectivity index (χ4v) is 1.85. The monoisotopic (exact) mass is 307 g/mol. The molecule has 1 amide bonds. The third-order valence-corrected chi connectivity index (χ3v) is 2.36. The zero-order valence-corrected chi connectivity index (χ0v) is 11.0. The Bertz CT molecular complexity index is 353. The van der Waals surface area contributed by atoms with Gasteiger partial charge >= 0.3 is 0 Å². The van der Waals surface area contributed by atoms with Crippen molar-refractivity contribution in [2.75, 3.05) is 20.3 Å². The van der Waals surface area contributed by atoms with Gasteiger partial charge in [-0.3, -0.25) is 9.63 Å². The molecular weight excluding hydrogens is 297 g/mol. The molecule has 0 saturated carbocycles. The van der Waals surface area contributed by atoms with E-state index in [0.717, 1.165) is 4.47 Å². The molecule has 0 fully saturated rings. The van der Waals surface area contributed by atoms with E-state index in [1.54, 1.807) is 25.3 Å². The number of hydrogen-bond donors (Lipinski definition) is 1. The number of benzene rings is 1. The predicted octanol–water partition coefficient (Wildman–Crippen LogP) is 2.41. The summed E-state index contributed by atoms with van der Waals surface area (Å²) in [7, 11) is 1.55. The van der Waals surface area contributed by atoms with Crippen molar-refractivity contribution < 1.29 is 14.4 Å². The van der Waals surface area contributed by atoms with Crippen molar-refractivity contribution in [2.24, 2.45) is 0 Å². The SMILES string of the molecule is COCCONC(=O)c1cc(Cl)cc(Br)c1. The summed E-state index contributed by atoms with van der Waals surface area (Å²) < 4.78 is 5.50. The first kappa shape index (κ1) is 13.4. The maximum atomic E-state index is 11.6. The van der Waals surface area contributed by atoms with Crippen molar-refractivity contribution >= 4 is 33.4 Å². The number of hydrogen-bond acceptors (Lipinski definition) is 3. The van der Waals surface area contributed by atoms with Gasteiger partial charge in [-0.2, -0.15) is 0 Å². The van der Waals surface area contributed by atoms with E-state index in [4.69, 9.17) is 21.2 Å². The molecule has 0 aliphatic rings. The Morgan fingerprint density at radius 2 is 2.19 bits per heavy atom. The zero-order valence-electron chi connectivity index (χ0n) is 8.63. The molecule has 4 nitrogen and oxygen atoms in total. The quantitative estimate of drug-likeness (QED) is 0.671. The Labute approximate surface area is 107 Å². The number of halogens is 2. The van der Waals surface area contributed by atoms with Crippen LogP contribution in [0.15, 0.2) is 22.7 Å². The van der Waals surface area contributed by atoms with Gasteiger partial charge in [0.2, 0.25) is 0 Å². The van der Waals surface area contributed by atoms with Crippen LogP contribution in [0, 0.1) is 0 Å². The minimum atomic E-state index is -0.348. The standard InChI is InChI=1S/C10H11BrClNO3/c1-15-2-3-16-13-10(14)7-4-8(11)6-9(12)5-7/h4-6H,2-3H2,1H3,(H,13,14). The maximum Gasteiger partial charge on any atom is 0.274 e. The maximum absolute atomic E-state index is 11.6. The third kappa shape index (κ3) is 4.49. The van der Waals surface area contributed by atoms with E-state index in [1.165, 1.54) is 0 Å². The lowest BCUT2D eigenvalue weighted by atomic mass is 10.2. The number of carbonyl (C=O) groups excluding carboxylic acids is 1. The third-order valence-electron chi connectivity index (χ3n) is 1.68. The summed E-state index contributed by atoms with van der Waals surface area (Å²) in [5.74, 6) is -0.348. The van der Waals surface area contributed by atoms with Crippen molar-refractivity contribution in [1.29, 1.82) is 0 Å². The fourth-order valence-electron chi connectivity index (χ4n) is 0.985. The molecule has 0 unspecified atom stereocenters. The average molecular weight is 309 g/mol. The van der Waals surface area contributed by atoms with Crippen LogP contribution in [0.25, 0.3) is 0 Å². The topological polar surface area (TPSA) is 47.6 Å². The average Bonchev–Trinajstić information content (AvgIpc) is 2.22. The summed E-state index contributed by atoms with van der Waals surface area (Å²) >= 11 is 9.06. The highest BCUT2D eigenvalue weighted by Gasteiger charge is 2.07. The smallest absolute Gasteiger partial charge is 0.274 e. The van der Waals surface area contributed by atoms with Crippen LogP contribution in [0.4, 0.5) is 0 Å². The first-order chi connectivity index (χ1) is 7.63. The first-order valence-electron chi connectivity index (χ1n) is 4.50. The Kier molecular flexibility index (Phi) is 5.76. The molecule has 16 heavy (non-hydrogen) atoms. The zero-order chi connectivity index (χ0) is 12.0. The van der Waals surface area contributed by atoms with Crippen molar-refractivity contribution in [3.05, 3.63) is 33.3 Å². The predicted molar refractivity (Wildman–Crippen MR) is 64.4 cm³/mol. The van der Waals surface area contributed by atoms with Crippen LogP contribution in [0.3, 0.4) is 0 Å². The van der Waals surface area contributed by atoms with Gasteiger partial charge in [0.25, 0.3) is 5.91 Å². The van der Waals surface area contributed by atoms with Gasteiger partial charge in [0.15, 0.2) is 0 Å². The van der Waals surface area contributed by atoms with Gasteiger partial charge in [-0.15, -0.1) is 0 Å². The molecular formula is C10H11BrClNO3. The largest absolute Gasteiger partial charge is 0.382 e. The minimum absolute atomic E-state index is 0.296. The van der Waals surface area contributed by atoms with Gasteiger partial charge in [-0.1, -0.05) is 27.5 Å². The van der Waals surface area contributed by atoms with Crippen LogP contribution >= 0.6 is 27.5 Å². The summed E-state index contributed by atoms with van der Waals surface area (Å²) in [6.07, 6.45) is 0. The number of nitrogens with one attached hydrogen (secondary N) is 1. The van der Waals surface area contributed by atoms with Gasteiger partial charge in [0.1, 0.15) is 0 Å². The van der Waals surface area contributed by atoms with E-state index in [-0.39, 0.29) is 5.91 Å². The first-order valence-corrected chi connectivity index (χ1v) is 5.67. The highest BCUT2D eigenvalue weighted by atomic mass is 79.9. The summed E-state index contributed by atoms with van der Waals surface area (Å²) in [5.41, 5.74) is 2.72. The molecule has 1 aromatic carbocycles. The number of ether oxygens (including phenoxy) is 1. The van der Waals surface area contributed by atoms with E-state index < -0.39 is 0 Å². The van der Waals surface area contributed by atoms with E-state index in [1.807, 2.05) is 0 Å². The van der Waals surface area contributed by atoms with Crippen molar-refractivity contribution in [2.45, 2.75) is 0 Å². The Balaban J connectivity index is 2.52. The van der Waals surface area contributed by atoms with Crippen LogP contribution in [0.1, 0.15) is 10.4 Å². The van der Waals surface area contributed by atoms with Gasteiger partial charge in [-0.25, -0.2) is 5.48 Å². The molecule has 0 spiro atoms. The number of amides is 1. The van der Waals surface area contributed by atoms with E-state index in [2.05, 4.69) is 21.4 Å². The molecule has 88 valence electrons. The highest BCUT2D eigenvalue weighted by molar-refractivity contribution is 9.10. The second-order valence-electron chi connectivity index (χ2n) is 2.93. The molecule has 0 heterocycles. The summed E-state index contributed by atoms with van der Waals surface area (Å²) in [6, 6.07) is 4.91. The molecule has 1 rings (SSSR count). The normalized spacial score (nSPS) is 10.2. The molecule has 1 aromatic rings. The van der Waals surface area contributed by atoms with Crippen LogP contribution in [0.2, 0.25) is 5.02 Å². The lowest BCUT2D eigenvalue weighted by Crippen LogP contribution is -2.25. The number of rotatable bonds is 5. The number of carbonyl (C=O) groups is 1. The molecule has 0 atom stereocenters. The molecule has 6 heteroatoms. The Morgan fingerprint density at radius 3 is 2.81 bits per heavy atom. The van der Waals surface area contributed by atoms with Crippen LogP contribution in [-0.4, -0.2) is 26.2 Å². The van der Waals surface area contributed by atoms with E-state index in [9.17, 15) is 4.79 Å². The molecule has 0 aliphatic carbocycles. The summed E-state index contributed by atoms with van der Waals surface area (Å²) in [6.45, 7) is 0.712. The highest BCUT2D eigenvalue weighted by Crippen LogP contribution is 2.19. The van der Waals surface area contributed by atoms with Crippen LogP contribution in [-0.2, 0) is 9.57 Å². The molecule has 0 aliphatic heterocycles. The van der Waals surface area contributed by atoms with Gasteiger partial charge in [0.05, 0.1) is 13.2 Å². The Morgan fingerprint density at radius 1 is 1.44 bits per heavy atom. The van der Waals surface area contributed by atoms with Gasteiger partial charge < -0.3 is 4.74 Å². The van der Waals surface area contributed by atoms with Crippen molar-refractivity contribution in [1.82, 2.24) is 5.48 Å². The molecule has 0 saturated heterocycles. The fraction of sp³-hybridized carbons (Fsp3) is 0.300. The molecule has 0 aromatic heterocycles. The molecule has 0 radical (unpaired) electrons. The van der Waals surface area contributed by atoms with Crippen molar-refractivity contribution in [3.8, 4) is 0 Å². The van der Waals surface area contributed by atoms with Crippen LogP contribution in [0.5, 0.6) is 0 Å². The van der Waals surface area contributed by atoms with E-state index in [0.29, 0.717) is 23.8 Å². The van der Waals surface area contributed by atoms with Gasteiger partial charge in [0, 0.05) is 22.2 Å². The summed E-state index contributed by atoms with van der Waals surface area (Å²) in [4.78, 5) is 16.4. The van der Waals surface area contributed by atoms with Gasteiger partial charge in [-0.05, 0) is 18.2 Å². The number of methoxy groups -OCH3 is 1.